The molecule has 2 aromatic carbocycles. The first-order chi connectivity index (χ1) is 13.4. The summed E-state index contributed by atoms with van der Waals surface area (Å²) in [6.07, 6.45) is 2.98. The second kappa shape index (κ2) is 6.79. The lowest BCUT2D eigenvalue weighted by atomic mass is 10.0. The minimum atomic E-state index is -3.87. The van der Waals surface area contributed by atoms with E-state index in [1.165, 1.54) is 12.4 Å². The molecule has 0 saturated carbocycles. The number of nitriles is 1. The standard InChI is InChI=1S/C21H14ClN3O2S/c1-14-5-7-17(8-6-14)28(26,27)25-13-18(16-4-2-3-15(11-16)12-23)20-19(22)9-10-24-21(20)25/h2-11,13H,1H3. The molecule has 28 heavy (non-hydrogen) atoms. The monoisotopic (exact) mass is 407 g/mol. The molecule has 0 amide bonds. The average molecular weight is 408 g/mol. The fraction of sp³-hybridized carbons (Fsp3) is 0.0476. The highest BCUT2D eigenvalue weighted by Crippen LogP contribution is 2.36. The third-order valence-corrected chi connectivity index (χ3v) is 6.46. The Morgan fingerprint density at radius 1 is 1.11 bits per heavy atom. The van der Waals surface area contributed by atoms with E-state index in [9.17, 15) is 13.7 Å². The molecule has 2 aromatic heterocycles. The van der Waals surface area contributed by atoms with Crippen molar-refractivity contribution in [2.75, 3.05) is 0 Å². The smallest absolute Gasteiger partial charge is 0.237 e. The summed E-state index contributed by atoms with van der Waals surface area (Å²) in [5.41, 5.74) is 2.97. The minimum absolute atomic E-state index is 0.161. The molecule has 0 aliphatic carbocycles. The number of hydrogen-bond acceptors (Lipinski definition) is 4. The number of aromatic nitrogens is 2. The van der Waals surface area contributed by atoms with E-state index in [2.05, 4.69) is 11.1 Å². The second-order valence-electron chi connectivity index (χ2n) is 6.34. The topological polar surface area (TPSA) is 75.8 Å². The molecule has 0 aliphatic heterocycles. The zero-order valence-electron chi connectivity index (χ0n) is 14.8. The lowest BCUT2D eigenvalue weighted by Gasteiger charge is -2.07. The molecule has 0 atom stereocenters. The van der Waals surface area contributed by atoms with Gasteiger partial charge in [0.2, 0.25) is 0 Å². The first-order valence-electron chi connectivity index (χ1n) is 8.40. The van der Waals surface area contributed by atoms with Crippen LogP contribution in [0.25, 0.3) is 22.2 Å². The van der Waals surface area contributed by atoms with Crippen LogP contribution in [-0.2, 0) is 10.0 Å². The molecule has 138 valence electrons. The van der Waals surface area contributed by atoms with Crippen LogP contribution in [0.4, 0.5) is 0 Å². The fourth-order valence-electron chi connectivity index (χ4n) is 3.07. The summed E-state index contributed by atoms with van der Waals surface area (Å²) in [6.45, 7) is 1.89. The van der Waals surface area contributed by atoms with Crippen LogP contribution >= 0.6 is 11.6 Å². The predicted molar refractivity (Wildman–Crippen MR) is 109 cm³/mol. The van der Waals surface area contributed by atoms with E-state index < -0.39 is 10.0 Å². The molecule has 0 fully saturated rings. The quantitative estimate of drug-likeness (QED) is 0.490. The van der Waals surface area contributed by atoms with Gasteiger partial charge in [-0.1, -0.05) is 41.4 Å². The molecular formula is C21H14ClN3O2S. The zero-order valence-corrected chi connectivity index (χ0v) is 16.4. The van der Waals surface area contributed by atoms with Gasteiger partial charge in [0.05, 0.1) is 21.6 Å². The number of rotatable bonds is 3. The number of hydrogen-bond donors (Lipinski definition) is 0. The summed E-state index contributed by atoms with van der Waals surface area (Å²) in [6, 6.07) is 17.3. The van der Waals surface area contributed by atoms with Gasteiger partial charge in [-0.3, -0.25) is 0 Å². The van der Waals surface area contributed by atoms with Gasteiger partial charge < -0.3 is 0 Å². The van der Waals surface area contributed by atoms with Crippen molar-refractivity contribution in [2.24, 2.45) is 0 Å². The molecule has 0 spiro atoms. The first kappa shape index (κ1) is 18.2. The molecule has 4 aromatic rings. The number of halogens is 1. The Kier molecular flexibility index (Phi) is 4.42. The Balaban J connectivity index is 2.02. The molecule has 2 heterocycles. The van der Waals surface area contributed by atoms with Crippen LogP contribution < -0.4 is 0 Å². The Labute approximate surface area is 167 Å². The Morgan fingerprint density at radius 2 is 1.86 bits per heavy atom. The minimum Gasteiger partial charge on any atom is -0.237 e. The van der Waals surface area contributed by atoms with Crippen LogP contribution in [-0.4, -0.2) is 17.4 Å². The number of aryl methyl sites for hydroxylation is 1. The maximum absolute atomic E-state index is 13.3. The van der Waals surface area contributed by atoms with Crippen LogP contribution in [0.15, 0.2) is 71.9 Å². The van der Waals surface area contributed by atoms with Gasteiger partial charge in [-0.05, 0) is 42.8 Å². The van der Waals surface area contributed by atoms with Crippen LogP contribution in [0.2, 0.25) is 5.02 Å². The molecular weight excluding hydrogens is 394 g/mol. The van der Waals surface area contributed by atoms with Gasteiger partial charge in [-0.25, -0.2) is 17.4 Å². The van der Waals surface area contributed by atoms with Gasteiger partial charge in [-0.15, -0.1) is 0 Å². The SMILES string of the molecule is Cc1ccc(S(=O)(=O)n2cc(-c3cccc(C#N)c3)c3c(Cl)ccnc32)cc1. The van der Waals surface area contributed by atoms with Gasteiger partial charge in [0, 0.05) is 23.3 Å². The molecule has 0 aliphatic rings. The van der Waals surface area contributed by atoms with Gasteiger partial charge in [0.15, 0.2) is 5.65 Å². The van der Waals surface area contributed by atoms with Crippen LogP contribution in [0.5, 0.6) is 0 Å². The van der Waals surface area contributed by atoms with Crippen molar-refractivity contribution in [2.45, 2.75) is 11.8 Å². The van der Waals surface area contributed by atoms with Crippen LogP contribution in [0.1, 0.15) is 11.1 Å². The maximum Gasteiger partial charge on any atom is 0.269 e. The van der Waals surface area contributed by atoms with Crippen molar-refractivity contribution in [1.82, 2.24) is 8.96 Å². The molecule has 0 bridgehead atoms. The zero-order chi connectivity index (χ0) is 19.9. The van der Waals surface area contributed by atoms with E-state index in [1.54, 1.807) is 48.5 Å². The molecule has 0 unspecified atom stereocenters. The highest BCUT2D eigenvalue weighted by atomic mass is 35.5. The molecule has 0 N–H and O–H groups in total. The van der Waals surface area contributed by atoms with E-state index in [0.29, 0.717) is 27.1 Å². The van der Waals surface area contributed by atoms with Crippen molar-refractivity contribution < 1.29 is 8.42 Å². The summed E-state index contributed by atoms with van der Waals surface area (Å²) in [5.74, 6) is 0. The molecule has 5 nitrogen and oxygen atoms in total. The summed E-state index contributed by atoms with van der Waals surface area (Å²) >= 11 is 6.40. The number of pyridine rings is 1. The molecule has 0 radical (unpaired) electrons. The summed E-state index contributed by atoms with van der Waals surface area (Å²) in [7, 11) is -3.87. The summed E-state index contributed by atoms with van der Waals surface area (Å²) in [5, 5.41) is 10.1. The van der Waals surface area contributed by atoms with E-state index in [0.717, 1.165) is 9.54 Å². The maximum atomic E-state index is 13.3. The Bertz CT molecular complexity index is 1350. The highest BCUT2D eigenvalue weighted by molar-refractivity contribution is 7.90. The summed E-state index contributed by atoms with van der Waals surface area (Å²) in [4.78, 5) is 4.44. The average Bonchev–Trinajstić information content (AvgIpc) is 3.10. The normalized spacial score (nSPS) is 11.5. The van der Waals surface area contributed by atoms with Crippen LogP contribution in [0, 0.1) is 18.3 Å². The van der Waals surface area contributed by atoms with E-state index in [4.69, 9.17) is 11.6 Å². The van der Waals surface area contributed by atoms with Gasteiger partial charge in [0.1, 0.15) is 0 Å². The van der Waals surface area contributed by atoms with Crippen molar-refractivity contribution in [3.8, 4) is 17.2 Å². The largest absolute Gasteiger partial charge is 0.269 e. The van der Waals surface area contributed by atoms with E-state index in [1.807, 2.05) is 13.0 Å². The van der Waals surface area contributed by atoms with E-state index in [-0.39, 0.29) is 10.5 Å². The lowest BCUT2D eigenvalue weighted by Crippen LogP contribution is -2.12. The number of benzene rings is 2. The number of nitrogens with zero attached hydrogens (tertiary/aromatic N) is 3. The van der Waals surface area contributed by atoms with Gasteiger partial charge in [0.25, 0.3) is 10.0 Å². The third-order valence-electron chi connectivity index (χ3n) is 4.49. The van der Waals surface area contributed by atoms with Crippen molar-refractivity contribution in [1.29, 1.82) is 5.26 Å². The lowest BCUT2D eigenvalue weighted by molar-refractivity contribution is 0.589. The van der Waals surface area contributed by atoms with Crippen molar-refractivity contribution >= 4 is 32.7 Å². The molecule has 0 saturated heterocycles. The predicted octanol–water partition coefficient (Wildman–Crippen LogP) is 4.77. The Hall–Kier alpha value is -3.14. The fourth-order valence-corrected chi connectivity index (χ4v) is 4.63. The summed E-state index contributed by atoms with van der Waals surface area (Å²) < 4.78 is 27.7. The van der Waals surface area contributed by atoms with Gasteiger partial charge in [-0.2, -0.15) is 5.26 Å². The van der Waals surface area contributed by atoms with E-state index >= 15 is 0 Å². The molecule has 4 rings (SSSR count). The Morgan fingerprint density at radius 3 is 2.57 bits per heavy atom. The highest BCUT2D eigenvalue weighted by Gasteiger charge is 2.24. The third kappa shape index (κ3) is 2.95. The molecule has 7 heteroatoms. The van der Waals surface area contributed by atoms with Crippen LogP contribution in [0.3, 0.4) is 0 Å². The first-order valence-corrected chi connectivity index (χ1v) is 10.2. The van der Waals surface area contributed by atoms with Crippen molar-refractivity contribution in [3.63, 3.8) is 0 Å². The van der Waals surface area contributed by atoms with Gasteiger partial charge >= 0.3 is 0 Å². The second-order valence-corrected chi connectivity index (χ2v) is 8.56. The number of fused-ring (bicyclic) bond motifs is 1. The van der Waals surface area contributed by atoms with Crippen molar-refractivity contribution in [3.05, 3.63) is 83.1 Å².